The van der Waals surface area contributed by atoms with Crippen molar-refractivity contribution in [1.82, 2.24) is 0 Å². The Morgan fingerprint density at radius 3 is 2.48 bits per heavy atom. The lowest BCUT2D eigenvalue weighted by Gasteiger charge is -2.33. The number of non-ortho nitro benzene ring substituents is 1. The molecule has 1 aromatic rings. The first kappa shape index (κ1) is 24.2. The maximum atomic E-state index is 13.0. The molecule has 0 radical (unpaired) electrons. The molecule has 0 aliphatic carbocycles. The van der Waals surface area contributed by atoms with Crippen LogP contribution in [-0.2, 0) is 23.9 Å². The number of ether oxygens (including phenoxy) is 2. The number of amides is 1. The Hall–Kier alpha value is -3.10. The second-order valence-electron chi connectivity index (χ2n) is 7.53. The molecule has 1 heterocycles. The minimum absolute atomic E-state index is 0.206. The van der Waals surface area contributed by atoms with Crippen LogP contribution in [0.2, 0.25) is 0 Å². The van der Waals surface area contributed by atoms with Crippen molar-refractivity contribution in [3.63, 3.8) is 0 Å². The van der Waals surface area contributed by atoms with E-state index in [1.807, 2.05) is 0 Å². The second-order valence-corrected chi connectivity index (χ2v) is 7.53. The van der Waals surface area contributed by atoms with Crippen molar-refractivity contribution >= 4 is 29.2 Å². The maximum Gasteiger partial charge on any atom is 0.318 e. The Morgan fingerprint density at radius 2 is 1.84 bits per heavy atom. The van der Waals surface area contributed by atoms with Crippen LogP contribution in [0.5, 0.6) is 0 Å². The summed E-state index contributed by atoms with van der Waals surface area (Å²) in [5.41, 5.74) is 0.298. The summed E-state index contributed by atoms with van der Waals surface area (Å²) >= 11 is 0. The average molecular weight is 432 g/mol. The lowest BCUT2D eigenvalue weighted by Crippen LogP contribution is -2.44. The van der Waals surface area contributed by atoms with Gasteiger partial charge in [0.05, 0.1) is 18.6 Å². The molecule has 9 heteroatoms. The number of nitro groups is 1. The van der Waals surface area contributed by atoms with E-state index in [4.69, 9.17) is 9.47 Å². The van der Waals surface area contributed by atoms with E-state index >= 15 is 0 Å². The molecule has 3 atom stereocenters. The van der Waals surface area contributed by atoms with Crippen LogP contribution in [0.15, 0.2) is 29.3 Å². The summed E-state index contributed by atoms with van der Waals surface area (Å²) in [4.78, 5) is 52.5. The van der Waals surface area contributed by atoms with E-state index in [0.717, 1.165) is 32.8 Å². The molecule has 1 amide bonds. The minimum Gasteiger partial charge on any atom is -0.468 e. The lowest BCUT2D eigenvalue weighted by atomic mass is 9.72. The van der Waals surface area contributed by atoms with Crippen LogP contribution in [-0.4, -0.2) is 42.2 Å². The van der Waals surface area contributed by atoms with Gasteiger partial charge in [-0.2, -0.15) is 0 Å². The predicted molar refractivity (Wildman–Crippen MR) is 113 cm³/mol. The molecule has 9 nitrogen and oxygen atoms in total. The average Bonchev–Trinajstić information content (AvgIpc) is 2.75. The number of unbranched alkanes of at least 4 members (excludes halogenated alkanes) is 4. The fourth-order valence-corrected chi connectivity index (χ4v) is 3.81. The molecule has 1 aliphatic heterocycles. The standard InChI is InChI=1S/C22H28N2O7/c1-4-5-6-7-8-12-31-22(27)17-14(2)23-20(25)19(21(26)30-3)18(17)15-10-9-11-16(13-15)24(28)29/h9-11,13,17-19H,4-8,12H2,1-3H3. The van der Waals surface area contributed by atoms with Crippen molar-refractivity contribution in [2.75, 3.05) is 13.7 Å². The number of rotatable bonds is 10. The molecule has 0 N–H and O–H groups in total. The monoisotopic (exact) mass is 432 g/mol. The van der Waals surface area contributed by atoms with E-state index in [9.17, 15) is 24.5 Å². The third-order valence-corrected chi connectivity index (χ3v) is 5.39. The Labute approximate surface area is 181 Å². The van der Waals surface area contributed by atoms with E-state index in [1.165, 1.54) is 25.1 Å². The van der Waals surface area contributed by atoms with Crippen molar-refractivity contribution in [3.05, 3.63) is 39.9 Å². The smallest absolute Gasteiger partial charge is 0.318 e. The van der Waals surface area contributed by atoms with Crippen molar-refractivity contribution in [2.24, 2.45) is 16.8 Å². The van der Waals surface area contributed by atoms with E-state index < -0.39 is 40.5 Å². The van der Waals surface area contributed by atoms with Gasteiger partial charge in [0, 0.05) is 23.8 Å². The fourth-order valence-electron chi connectivity index (χ4n) is 3.81. The predicted octanol–water partition coefficient (Wildman–Crippen LogP) is 3.60. The van der Waals surface area contributed by atoms with Crippen LogP contribution in [0.25, 0.3) is 0 Å². The van der Waals surface area contributed by atoms with E-state index in [-0.39, 0.29) is 18.0 Å². The van der Waals surface area contributed by atoms with Gasteiger partial charge in [0.2, 0.25) is 0 Å². The van der Waals surface area contributed by atoms with Gasteiger partial charge >= 0.3 is 11.9 Å². The van der Waals surface area contributed by atoms with Crippen molar-refractivity contribution in [1.29, 1.82) is 0 Å². The summed E-state index contributed by atoms with van der Waals surface area (Å²) in [6.45, 7) is 3.84. The Balaban J connectivity index is 2.35. The van der Waals surface area contributed by atoms with Crippen molar-refractivity contribution in [2.45, 2.75) is 51.9 Å². The third kappa shape index (κ3) is 5.96. The van der Waals surface area contributed by atoms with Crippen LogP contribution in [0.4, 0.5) is 5.69 Å². The van der Waals surface area contributed by atoms with Crippen molar-refractivity contribution in [3.8, 4) is 0 Å². The van der Waals surface area contributed by atoms with Crippen LogP contribution in [0, 0.1) is 22.0 Å². The first-order valence-corrected chi connectivity index (χ1v) is 10.4. The number of benzene rings is 1. The normalized spacial score (nSPS) is 20.7. The molecular weight excluding hydrogens is 404 g/mol. The summed E-state index contributed by atoms with van der Waals surface area (Å²) in [7, 11) is 1.13. The number of hydrogen-bond donors (Lipinski definition) is 0. The molecule has 2 rings (SSSR count). The number of carbonyl (C=O) groups excluding carboxylic acids is 3. The highest BCUT2D eigenvalue weighted by Gasteiger charge is 2.49. The highest BCUT2D eigenvalue weighted by Crippen LogP contribution is 2.40. The van der Waals surface area contributed by atoms with Gasteiger partial charge in [0.15, 0.2) is 0 Å². The number of esters is 2. The topological polar surface area (TPSA) is 125 Å². The summed E-state index contributed by atoms with van der Waals surface area (Å²) < 4.78 is 10.2. The number of methoxy groups -OCH3 is 1. The molecule has 0 spiro atoms. The largest absolute Gasteiger partial charge is 0.468 e. The van der Waals surface area contributed by atoms with Gasteiger partial charge in [-0.15, -0.1) is 0 Å². The summed E-state index contributed by atoms with van der Waals surface area (Å²) in [6, 6.07) is 5.55. The van der Waals surface area contributed by atoms with E-state index in [2.05, 4.69) is 11.9 Å². The van der Waals surface area contributed by atoms with Crippen LogP contribution < -0.4 is 0 Å². The zero-order valence-electron chi connectivity index (χ0n) is 18.0. The quantitative estimate of drug-likeness (QED) is 0.182. The number of nitrogens with zero attached hydrogens (tertiary/aromatic N) is 2. The molecule has 0 saturated heterocycles. The zero-order valence-corrected chi connectivity index (χ0v) is 18.0. The molecule has 1 aliphatic rings. The SMILES string of the molecule is CCCCCCCOC(=O)C1C(C)=NC(=O)C(C(=O)OC)C1c1cccc([N+](=O)[O-])c1. The number of carbonyl (C=O) groups is 3. The van der Waals surface area contributed by atoms with Crippen LogP contribution in [0.3, 0.4) is 0 Å². The first-order valence-electron chi connectivity index (χ1n) is 10.4. The lowest BCUT2D eigenvalue weighted by molar-refractivity contribution is -0.384. The van der Waals surface area contributed by atoms with Gasteiger partial charge in [-0.25, -0.2) is 4.99 Å². The molecule has 168 valence electrons. The maximum absolute atomic E-state index is 13.0. The van der Waals surface area contributed by atoms with Gasteiger partial charge in [-0.3, -0.25) is 24.5 Å². The summed E-state index contributed by atoms with van der Waals surface area (Å²) in [5.74, 6) is -5.64. The Kier molecular flexibility index (Phi) is 8.84. The highest BCUT2D eigenvalue weighted by atomic mass is 16.6. The third-order valence-electron chi connectivity index (χ3n) is 5.39. The molecule has 3 unspecified atom stereocenters. The Morgan fingerprint density at radius 1 is 1.13 bits per heavy atom. The number of hydrogen-bond acceptors (Lipinski definition) is 7. The van der Waals surface area contributed by atoms with Gasteiger partial charge in [-0.1, -0.05) is 44.7 Å². The van der Waals surface area contributed by atoms with Gasteiger partial charge < -0.3 is 9.47 Å². The van der Waals surface area contributed by atoms with Gasteiger partial charge in [0.25, 0.3) is 11.6 Å². The molecule has 31 heavy (non-hydrogen) atoms. The molecule has 0 aromatic heterocycles. The number of nitro benzene ring substituents is 1. The molecule has 0 fully saturated rings. The molecule has 0 saturated carbocycles. The molecule has 0 bridgehead atoms. The van der Waals surface area contributed by atoms with Gasteiger partial charge in [0.1, 0.15) is 11.8 Å². The number of aliphatic imine (C=N–C) groups is 1. The van der Waals surface area contributed by atoms with Crippen LogP contribution in [0.1, 0.15) is 57.4 Å². The summed E-state index contributed by atoms with van der Waals surface area (Å²) in [6.07, 6.45) is 4.89. The van der Waals surface area contributed by atoms with E-state index in [1.54, 1.807) is 6.07 Å². The molecule has 1 aromatic carbocycles. The zero-order chi connectivity index (χ0) is 23.0. The Bertz CT molecular complexity index is 865. The van der Waals surface area contributed by atoms with Crippen molar-refractivity contribution < 1.29 is 28.8 Å². The fraction of sp³-hybridized carbons (Fsp3) is 0.545. The van der Waals surface area contributed by atoms with E-state index in [0.29, 0.717) is 12.0 Å². The summed E-state index contributed by atoms with van der Waals surface area (Å²) in [5, 5.41) is 11.2. The van der Waals surface area contributed by atoms with Gasteiger partial charge in [-0.05, 0) is 18.9 Å². The highest BCUT2D eigenvalue weighted by molar-refractivity contribution is 6.14. The first-order chi connectivity index (χ1) is 14.8. The minimum atomic E-state index is -1.39. The second kappa shape index (κ2) is 11.3. The van der Waals surface area contributed by atoms with Crippen LogP contribution >= 0.6 is 0 Å². The molecular formula is C22H28N2O7.